The molecule has 0 aliphatic carbocycles. The number of hydrogen-bond acceptors (Lipinski definition) is 4. The summed E-state index contributed by atoms with van der Waals surface area (Å²) < 4.78 is 27.0. The van der Waals surface area contributed by atoms with E-state index in [9.17, 15) is 8.78 Å². The summed E-state index contributed by atoms with van der Waals surface area (Å²) in [5.41, 5.74) is 0.749. The summed E-state index contributed by atoms with van der Waals surface area (Å²) in [5.74, 6) is -0.238. The third-order valence-corrected chi connectivity index (χ3v) is 2.93. The van der Waals surface area contributed by atoms with Gasteiger partial charge in [-0.2, -0.15) is 4.98 Å². The molecule has 112 valence electrons. The van der Waals surface area contributed by atoms with Crippen LogP contribution in [0.3, 0.4) is 0 Å². The third-order valence-electron chi connectivity index (χ3n) is 2.93. The maximum absolute atomic E-state index is 13.9. The van der Waals surface area contributed by atoms with Crippen molar-refractivity contribution in [3.8, 4) is 0 Å². The average molecular weight is 292 g/mol. The fourth-order valence-electron chi connectivity index (χ4n) is 1.93. The van der Waals surface area contributed by atoms with Crippen LogP contribution in [0, 0.1) is 11.6 Å². The highest BCUT2D eigenvalue weighted by Crippen LogP contribution is 2.18. The smallest absolute Gasteiger partial charge is 0.224 e. The van der Waals surface area contributed by atoms with Gasteiger partial charge in [-0.3, -0.25) is 0 Å². The van der Waals surface area contributed by atoms with E-state index in [1.165, 1.54) is 12.1 Å². The van der Waals surface area contributed by atoms with Gasteiger partial charge in [-0.05, 0) is 24.1 Å². The number of benzene rings is 1. The van der Waals surface area contributed by atoms with Crippen LogP contribution in [0.1, 0.15) is 18.9 Å². The van der Waals surface area contributed by atoms with Gasteiger partial charge in [-0.25, -0.2) is 13.8 Å². The van der Waals surface area contributed by atoms with Crippen molar-refractivity contribution in [2.24, 2.45) is 0 Å². The molecule has 0 saturated carbocycles. The molecule has 0 atom stereocenters. The largest absolute Gasteiger partial charge is 0.354 e. The van der Waals surface area contributed by atoms with Crippen LogP contribution in [0.2, 0.25) is 0 Å². The van der Waals surface area contributed by atoms with Crippen molar-refractivity contribution in [1.82, 2.24) is 9.97 Å². The Morgan fingerprint density at radius 1 is 1.29 bits per heavy atom. The van der Waals surface area contributed by atoms with Gasteiger partial charge in [0.1, 0.15) is 5.82 Å². The van der Waals surface area contributed by atoms with Gasteiger partial charge in [-0.15, -0.1) is 0 Å². The van der Waals surface area contributed by atoms with Crippen molar-refractivity contribution in [2.45, 2.75) is 19.9 Å². The van der Waals surface area contributed by atoms with E-state index in [2.05, 4.69) is 15.3 Å². The molecule has 0 bridgehead atoms. The molecule has 1 aromatic heterocycles. The second-order valence-electron chi connectivity index (χ2n) is 4.78. The molecule has 2 aromatic rings. The molecule has 2 rings (SSSR count). The number of hydrogen-bond donors (Lipinski definition) is 1. The maximum atomic E-state index is 13.9. The van der Waals surface area contributed by atoms with Crippen molar-refractivity contribution in [3.05, 3.63) is 47.7 Å². The van der Waals surface area contributed by atoms with Crippen LogP contribution in [0.4, 0.5) is 20.5 Å². The number of aromatic nitrogens is 2. The van der Waals surface area contributed by atoms with E-state index in [1.807, 2.05) is 6.92 Å². The lowest BCUT2D eigenvalue weighted by Gasteiger charge is -2.19. The summed E-state index contributed by atoms with van der Waals surface area (Å²) in [5, 5.41) is 3.01. The molecule has 6 heteroatoms. The van der Waals surface area contributed by atoms with Crippen molar-refractivity contribution in [2.75, 3.05) is 23.8 Å². The van der Waals surface area contributed by atoms with Gasteiger partial charge in [0.2, 0.25) is 5.95 Å². The zero-order chi connectivity index (χ0) is 15.2. The first kappa shape index (κ1) is 15.2. The van der Waals surface area contributed by atoms with Crippen LogP contribution < -0.4 is 10.2 Å². The fraction of sp³-hybridized carbons (Fsp3) is 0.333. The number of nitrogens with zero attached hydrogens (tertiary/aromatic N) is 3. The second-order valence-corrected chi connectivity index (χ2v) is 4.78. The molecule has 0 unspecified atom stereocenters. The van der Waals surface area contributed by atoms with Crippen LogP contribution in [0.15, 0.2) is 30.5 Å². The Morgan fingerprint density at radius 3 is 2.81 bits per heavy atom. The van der Waals surface area contributed by atoms with Gasteiger partial charge in [0, 0.05) is 20.1 Å². The van der Waals surface area contributed by atoms with E-state index >= 15 is 0 Å². The molecular formula is C15H18F2N4. The van der Waals surface area contributed by atoms with Crippen LogP contribution in [-0.2, 0) is 6.54 Å². The first-order chi connectivity index (χ1) is 10.1. The van der Waals surface area contributed by atoms with E-state index in [0.29, 0.717) is 12.5 Å². The van der Waals surface area contributed by atoms with Gasteiger partial charge >= 0.3 is 0 Å². The summed E-state index contributed by atoms with van der Waals surface area (Å²) in [4.78, 5) is 9.69. The molecule has 0 fully saturated rings. The Morgan fingerprint density at radius 2 is 2.10 bits per heavy atom. The predicted molar refractivity (Wildman–Crippen MR) is 79.3 cm³/mol. The van der Waals surface area contributed by atoms with Gasteiger partial charge in [0.15, 0.2) is 11.6 Å². The van der Waals surface area contributed by atoms with Crippen LogP contribution in [-0.4, -0.2) is 23.6 Å². The molecule has 0 aliphatic rings. The predicted octanol–water partition coefficient (Wildman–Crippen LogP) is 3.21. The summed E-state index contributed by atoms with van der Waals surface area (Å²) in [6.07, 6.45) is 2.07. The zero-order valence-electron chi connectivity index (χ0n) is 12.1. The summed E-state index contributed by atoms with van der Waals surface area (Å²) in [6.45, 7) is 3.10. The number of anilines is 2. The summed E-state index contributed by atoms with van der Waals surface area (Å²) in [7, 11) is 1.71. The maximum Gasteiger partial charge on any atom is 0.224 e. The zero-order valence-corrected chi connectivity index (χ0v) is 12.1. The van der Waals surface area contributed by atoms with E-state index in [4.69, 9.17) is 0 Å². The van der Waals surface area contributed by atoms with Crippen molar-refractivity contribution >= 4 is 11.8 Å². The molecule has 0 amide bonds. The number of nitrogens with one attached hydrogen (secondary N) is 1. The lowest BCUT2D eigenvalue weighted by atomic mass is 10.2. The van der Waals surface area contributed by atoms with Crippen LogP contribution >= 0.6 is 0 Å². The first-order valence-electron chi connectivity index (χ1n) is 6.82. The van der Waals surface area contributed by atoms with E-state index in [1.54, 1.807) is 24.1 Å². The molecular weight excluding hydrogens is 274 g/mol. The molecule has 1 heterocycles. The van der Waals surface area contributed by atoms with E-state index in [-0.39, 0.29) is 11.6 Å². The Labute approximate surface area is 122 Å². The molecule has 4 nitrogen and oxygen atoms in total. The highest BCUT2D eigenvalue weighted by atomic mass is 19.1. The highest BCUT2D eigenvalue weighted by Gasteiger charge is 2.12. The normalized spacial score (nSPS) is 10.5. The van der Waals surface area contributed by atoms with E-state index in [0.717, 1.165) is 24.7 Å². The van der Waals surface area contributed by atoms with Gasteiger partial charge in [-0.1, -0.05) is 19.1 Å². The minimum atomic E-state index is -0.504. The summed E-state index contributed by atoms with van der Waals surface area (Å²) in [6, 6.07) is 6.21. The van der Waals surface area contributed by atoms with Crippen LogP contribution in [0.25, 0.3) is 0 Å². The molecule has 0 spiro atoms. The molecule has 0 aliphatic heterocycles. The lowest BCUT2D eigenvalue weighted by molar-refractivity contribution is 0.606. The summed E-state index contributed by atoms with van der Waals surface area (Å²) >= 11 is 0. The van der Waals surface area contributed by atoms with Gasteiger partial charge < -0.3 is 10.2 Å². The molecule has 1 aromatic carbocycles. The minimum absolute atomic E-state index is 0.188. The number of rotatable bonds is 6. The third kappa shape index (κ3) is 4.11. The average Bonchev–Trinajstić information content (AvgIpc) is 2.46. The topological polar surface area (TPSA) is 41.1 Å². The Hall–Kier alpha value is -2.24. The quantitative estimate of drug-likeness (QED) is 0.887. The first-order valence-corrected chi connectivity index (χ1v) is 6.82. The Bertz CT molecular complexity index is 604. The minimum Gasteiger partial charge on any atom is -0.354 e. The molecule has 0 radical (unpaired) electrons. The second kappa shape index (κ2) is 6.97. The monoisotopic (exact) mass is 292 g/mol. The SMILES string of the molecule is CCCNc1ncc(F)c(N(C)Cc2cccc(F)c2)n1. The van der Waals surface area contributed by atoms with Crippen molar-refractivity contribution in [1.29, 1.82) is 0 Å². The van der Waals surface area contributed by atoms with E-state index < -0.39 is 5.82 Å². The molecule has 0 saturated heterocycles. The van der Waals surface area contributed by atoms with Gasteiger partial charge in [0.05, 0.1) is 6.20 Å². The van der Waals surface area contributed by atoms with Crippen molar-refractivity contribution < 1.29 is 8.78 Å². The molecule has 21 heavy (non-hydrogen) atoms. The Balaban J connectivity index is 2.15. The molecule has 1 N–H and O–H groups in total. The Kier molecular flexibility index (Phi) is 5.03. The highest BCUT2D eigenvalue weighted by molar-refractivity contribution is 5.43. The lowest BCUT2D eigenvalue weighted by Crippen LogP contribution is -2.20. The van der Waals surface area contributed by atoms with Gasteiger partial charge in [0.25, 0.3) is 0 Å². The fourth-order valence-corrected chi connectivity index (χ4v) is 1.93. The van der Waals surface area contributed by atoms with Crippen molar-refractivity contribution in [3.63, 3.8) is 0 Å². The van der Waals surface area contributed by atoms with Crippen LogP contribution in [0.5, 0.6) is 0 Å². The standard InChI is InChI=1S/C15H18F2N4/c1-3-7-18-15-19-9-13(17)14(20-15)21(2)10-11-5-4-6-12(16)8-11/h4-6,8-9H,3,7,10H2,1-2H3,(H,18,19,20). The number of halogens is 2.